The Labute approximate surface area is 237 Å². The molecule has 0 fully saturated rings. The van der Waals surface area contributed by atoms with Gasteiger partial charge in [0, 0.05) is 23.9 Å². The number of nitrogens with one attached hydrogen (secondary N) is 1. The molecular formula is C30H31N5O4S. The first-order valence-corrected chi connectivity index (χ1v) is 13.9. The van der Waals surface area contributed by atoms with Gasteiger partial charge in [-0.25, -0.2) is 0 Å². The minimum atomic E-state index is -0.301. The van der Waals surface area contributed by atoms with Crippen LogP contribution in [0.25, 0.3) is 5.69 Å². The Morgan fingerprint density at radius 3 is 2.42 bits per heavy atom. The molecule has 1 aliphatic rings. The van der Waals surface area contributed by atoms with Crippen molar-refractivity contribution in [3.05, 3.63) is 88.7 Å². The number of carbonyl (C=O) groups excluding carboxylic acids is 2. The number of rotatable bonds is 9. The Kier molecular flexibility index (Phi) is 8.06. The van der Waals surface area contributed by atoms with Crippen LogP contribution in [0.3, 0.4) is 0 Å². The summed E-state index contributed by atoms with van der Waals surface area (Å²) in [4.78, 5) is 28.1. The number of hydrogen-bond acceptors (Lipinski definition) is 7. The molecule has 0 spiro atoms. The summed E-state index contributed by atoms with van der Waals surface area (Å²) in [5.74, 6) is 1.53. The second-order valence-corrected chi connectivity index (χ2v) is 10.4. The molecule has 5 rings (SSSR count). The molecular weight excluding hydrogens is 526 g/mol. The molecule has 206 valence electrons. The number of anilines is 1. The number of para-hydroxylation sites is 1. The van der Waals surface area contributed by atoms with Gasteiger partial charge in [-0.05, 0) is 61.2 Å². The van der Waals surface area contributed by atoms with Gasteiger partial charge in [-0.2, -0.15) is 0 Å². The lowest BCUT2D eigenvalue weighted by Gasteiger charge is -2.18. The zero-order valence-corrected chi connectivity index (χ0v) is 23.7. The first-order chi connectivity index (χ1) is 19.4. The van der Waals surface area contributed by atoms with Crippen molar-refractivity contribution in [2.45, 2.75) is 32.0 Å². The van der Waals surface area contributed by atoms with E-state index < -0.39 is 0 Å². The lowest BCUT2D eigenvalue weighted by Crippen LogP contribution is -2.30. The molecule has 1 aliphatic heterocycles. The summed E-state index contributed by atoms with van der Waals surface area (Å²) in [6, 6.07) is 19.0. The van der Waals surface area contributed by atoms with E-state index in [-0.39, 0.29) is 24.1 Å². The quantitative estimate of drug-likeness (QED) is 0.302. The maximum Gasteiger partial charge on any atom is 0.251 e. The molecule has 10 heteroatoms. The summed E-state index contributed by atoms with van der Waals surface area (Å²) < 4.78 is 12.5. The van der Waals surface area contributed by atoms with Crippen LogP contribution in [-0.4, -0.2) is 53.1 Å². The van der Waals surface area contributed by atoms with Gasteiger partial charge in [0.05, 0.1) is 32.2 Å². The molecule has 0 aliphatic carbocycles. The predicted octanol–water partition coefficient (Wildman–Crippen LogP) is 4.51. The van der Waals surface area contributed by atoms with Gasteiger partial charge in [0.25, 0.3) is 5.91 Å². The van der Waals surface area contributed by atoms with Gasteiger partial charge in [-0.15, -0.1) is 10.2 Å². The molecule has 0 bridgehead atoms. The fourth-order valence-electron chi connectivity index (χ4n) is 4.73. The van der Waals surface area contributed by atoms with Crippen LogP contribution in [0.5, 0.6) is 11.5 Å². The maximum absolute atomic E-state index is 13.2. The third kappa shape index (κ3) is 5.53. The zero-order valence-electron chi connectivity index (χ0n) is 22.9. The average Bonchev–Trinajstić information content (AvgIpc) is 3.60. The minimum Gasteiger partial charge on any atom is -0.497 e. The Morgan fingerprint density at radius 1 is 0.950 bits per heavy atom. The molecule has 2 heterocycles. The molecule has 1 N–H and O–H groups in total. The van der Waals surface area contributed by atoms with Crippen LogP contribution in [0.2, 0.25) is 0 Å². The van der Waals surface area contributed by atoms with E-state index >= 15 is 0 Å². The summed E-state index contributed by atoms with van der Waals surface area (Å²) in [5, 5.41) is 12.4. The number of benzene rings is 3. The van der Waals surface area contributed by atoms with Gasteiger partial charge in [0.1, 0.15) is 11.5 Å². The number of amides is 2. The SMILES string of the molecule is COc1cc(OC)cc(C(=O)NCc2nnc(SCC(=O)N3CCc4ccccc43)n2-c2cccc(C)c2C)c1. The van der Waals surface area contributed by atoms with Gasteiger partial charge in [-0.1, -0.05) is 42.1 Å². The second-order valence-electron chi connectivity index (χ2n) is 9.45. The van der Waals surface area contributed by atoms with Crippen molar-refractivity contribution in [2.75, 3.05) is 31.4 Å². The number of aromatic nitrogens is 3. The Hall–Kier alpha value is -4.31. The van der Waals surface area contributed by atoms with E-state index in [1.54, 1.807) is 18.2 Å². The lowest BCUT2D eigenvalue weighted by atomic mass is 10.1. The summed E-state index contributed by atoms with van der Waals surface area (Å²) in [5.41, 5.74) is 5.64. The monoisotopic (exact) mass is 557 g/mol. The van der Waals surface area contributed by atoms with E-state index in [1.165, 1.54) is 31.5 Å². The van der Waals surface area contributed by atoms with E-state index in [0.717, 1.165) is 28.9 Å². The van der Waals surface area contributed by atoms with Crippen molar-refractivity contribution in [3.63, 3.8) is 0 Å². The predicted molar refractivity (Wildman–Crippen MR) is 155 cm³/mol. The first-order valence-electron chi connectivity index (χ1n) is 12.9. The fraction of sp³-hybridized carbons (Fsp3) is 0.267. The molecule has 2 amide bonds. The van der Waals surface area contributed by atoms with Gasteiger partial charge in [-0.3, -0.25) is 14.2 Å². The van der Waals surface area contributed by atoms with E-state index in [4.69, 9.17) is 9.47 Å². The highest BCUT2D eigenvalue weighted by Gasteiger charge is 2.25. The normalized spacial score (nSPS) is 12.2. The molecule has 40 heavy (non-hydrogen) atoms. The van der Waals surface area contributed by atoms with Crippen molar-refractivity contribution in [3.8, 4) is 17.2 Å². The lowest BCUT2D eigenvalue weighted by molar-refractivity contribution is -0.116. The van der Waals surface area contributed by atoms with Crippen molar-refractivity contribution in [1.82, 2.24) is 20.1 Å². The fourth-order valence-corrected chi connectivity index (χ4v) is 5.57. The van der Waals surface area contributed by atoms with E-state index in [0.29, 0.717) is 34.6 Å². The number of ether oxygens (including phenoxy) is 2. The Bertz CT molecular complexity index is 1550. The number of aryl methyl sites for hydroxylation is 1. The van der Waals surface area contributed by atoms with E-state index in [9.17, 15) is 9.59 Å². The first kappa shape index (κ1) is 27.3. The Balaban J connectivity index is 1.38. The number of nitrogens with zero attached hydrogens (tertiary/aromatic N) is 4. The number of carbonyl (C=O) groups is 2. The van der Waals surface area contributed by atoms with Crippen LogP contribution in [0.1, 0.15) is 32.9 Å². The van der Waals surface area contributed by atoms with Crippen LogP contribution in [-0.2, 0) is 17.8 Å². The number of methoxy groups -OCH3 is 2. The number of fused-ring (bicyclic) bond motifs is 1. The molecule has 0 unspecified atom stereocenters. The molecule has 4 aromatic rings. The molecule has 9 nitrogen and oxygen atoms in total. The highest BCUT2D eigenvalue weighted by Crippen LogP contribution is 2.30. The summed E-state index contributed by atoms with van der Waals surface area (Å²) >= 11 is 1.34. The van der Waals surface area contributed by atoms with Gasteiger partial charge in [0.2, 0.25) is 5.91 Å². The Morgan fingerprint density at radius 2 is 1.68 bits per heavy atom. The van der Waals surface area contributed by atoms with Crippen LogP contribution in [0.15, 0.2) is 65.8 Å². The highest BCUT2D eigenvalue weighted by atomic mass is 32.2. The summed E-state index contributed by atoms with van der Waals surface area (Å²) in [6.45, 7) is 4.89. The third-order valence-electron chi connectivity index (χ3n) is 7.05. The maximum atomic E-state index is 13.2. The summed E-state index contributed by atoms with van der Waals surface area (Å²) in [7, 11) is 3.07. The van der Waals surface area contributed by atoms with Gasteiger partial charge < -0.3 is 19.7 Å². The van der Waals surface area contributed by atoms with E-state index in [1.807, 2.05) is 59.7 Å². The van der Waals surface area contributed by atoms with Crippen LogP contribution >= 0.6 is 11.8 Å². The molecule has 0 radical (unpaired) electrons. The largest absolute Gasteiger partial charge is 0.497 e. The van der Waals surface area contributed by atoms with Crippen molar-refractivity contribution in [1.29, 1.82) is 0 Å². The minimum absolute atomic E-state index is 0.0206. The van der Waals surface area contributed by atoms with Gasteiger partial charge in [0.15, 0.2) is 11.0 Å². The van der Waals surface area contributed by atoms with Crippen molar-refractivity contribution >= 4 is 29.3 Å². The molecule has 1 aromatic heterocycles. The average molecular weight is 558 g/mol. The highest BCUT2D eigenvalue weighted by molar-refractivity contribution is 7.99. The molecule has 3 aromatic carbocycles. The number of thioether (sulfide) groups is 1. The topological polar surface area (TPSA) is 98.6 Å². The number of hydrogen-bond donors (Lipinski definition) is 1. The van der Waals surface area contributed by atoms with E-state index in [2.05, 4.69) is 21.6 Å². The molecule has 0 atom stereocenters. The van der Waals surface area contributed by atoms with Crippen LogP contribution < -0.4 is 19.7 Å². The van der Waals surface area contributed by atoms with Crippen molar-refractivity contribution < 1.29 is 19.1 Å². The third-order valence-corrected chi connectivity index (χ3v) is 7.96. The summed E-state index contributed by atoms with van der Waals surface area (Å²) in [6.07, 6.45) is 0.855. The smallest absolute Gasteiger partial charge is 0.251 e. The zero-order chi connectivity index (χ0) is 28.2. The van der Waals surface area contributed by atoms with Crippen molar-refractivity contribution in [2.24, 2.45) is 0 Å². The standard InChI is InChI=1S/C30H31N5O4S/c1-19-8-7-11-25(20(19)2)35-27(17-31-29(37)22-14-23(38-3)16-24(15-22)39-4)32-33-30(35)40-18-28(36)34-13-12-21-9-5-6-10-26(21)34/h5-11,14-16H,12-13,17-18H2,1-4H3,(H,31,37). The van der Waals surface area contributed by atoms with Gasteiger partial charge >= 0.3 is 0 Å². The molecule has 0 saturated carbocycles. The second kappa shape index (κ2) is 11.8. The molecule has 0 saturated heterocycles. The van der Waals surface area contributed by atoms with Crippen LogP contribution in [0, 0.1) is 13.8 Å². The van der Waals surface area contributed by atoms with Crippen LogP contribution in [0.4, 0.5) is 5.69 Å².